The summed E-state index contributed by atoms with van der Waals surface area (Å²) < 4.78 is 10.7. The Hall–Kier alpha value is -0.500. The minimum absolute atomic E-state index is 0.0126. The molecular formula is C9H16O2. The van der Waals surface area contributed by atoms with Gasteiger partial charge in [-0.15, -0.1) is 0 Å². The summed E-state index contributed by atoms with van der Waals surface area (Å²) in [4.78, 5) is 0. The van der Waals surface area contributed by atoms with Crippen molar-refractivity contribution in [1.29, 1.82) is 0 Å². The molecule has 0 radical (unpaired) electrons. The highest BCUT2D eigenvalue weighted by atomic mass is 16.7. The van der Waals surface area contributed by atoms with Crippen LogP contribution in [0.5, 0.6) is 0 Å². The second-order valence-corrected chi connectivity index (χ2v) is 3.13. The first-order valence-corrected chi connectivity index (χ1v) is 4.19. The van der Waals surface area contributed by atoms with Gasteiger partial charge >= 0.3 is 0 Å². The number of hydrogen-bond donors (Lipinski definition) is 0. The average Bonchev–Trinajstić information content (AvgIpc) is 2.03. The molecule has 1 atom stereocenters. The zero-order valence-corrected chi connectivity index (χ0v) is 7.30. The van der Waals surface area contributed by atoms with Crippen LogP contribution in [0.2, 0.25) is 0 Å². The van der Waals surface area contributed by atoms with Gasteiger partial charge < -0.3 is 9.47 Å². The van der Waals surface area contributed by atoms with Crippen LogP contribution in [-0.4, -0.2) is 12.9 Å². The van der Waals surface area contributed by atoms with Crippen molar-refractivity contribution in [1.82, 2.24) is 0 Å². The maximum atomic E-state index is 5.36. The Balaban J connectivity index is 2.19. The molecule has 64 valence electrons. The first-order chi connectivity index (χ1) is 5.29. The lowest BCUT2D eigenvalue weighted by atomic mass is 10.2. The molecule has 1 unspecified atom stereocenters. The lowest BCUT2D eigenvalue weighted by molar-refractivity contribution is -0.130. The smallest absolute Gasteiger partial charge is 0.198 e. The predicted octanol–water partition coefficient (Wildman–Crippen LogP) is 2.45. The van der Waals surface area contributed by atoms with Crippen molar-refractivity contribution in [3.8, 4) is 0 Å². The molecule has 0 saturated carbocycles. The summed E-state index contributed by atoms with van der Waals surface area (Å²) in [5, 5.41) is 0. The summed E-state index contributed by atoms with van der Waals surface area (Å²) in [7, 11) is 0. The van der Waals surface area contributed by atoms with Crippen molar-refractivity contribution < 1.29 is 9.47 Å². The third-order valence-electron chi connectivity index (χ3n) is 1.59. The highest BCUT2D eigenvalue weighted by Gasteiger charge is 2.12. The van der Waals surface area contributed by atoms with Gasteiger partial charge in [0.25, 0.3) is 0 Å². The summed E-state index contributed by atoms with van der Waals surface area (Å²) in [6.07, 6.45) is 5.22. The monoisotopic (exact) mass is 156 g/mol. The van der Waals surface area contributed by atoms with Crippen LogP contribution < -0.4 is 0 Å². The molecule has 1 saturated heterocycles. The molecule has 0 aromatic carbocycles. The molecule has 0 amide bonds. The zero-order chi connectivity index (χ0) is 8.10. The zero-order valence-electron chi connectivity index (χ0n) is 7.30. The number of hydrogen-bond acceptors (Lipinski definition) is 2. The second kappa shape index (κ2) is 4.39. The van der Waals surface area contributed by atoms with Crippen LogP contribution in [0.15, 0.2) is 11.8 Å². The van der Waals surface area contributed by atoms with Crippen LogP contribution in [-0.2, 0) is 9.47 Å². The molecule has 0 aromatic rings. The quantitative estimate of drug-likeness (QED) is 0.572. The second-order valence-electron chi connectivity index (χ2n) is 3.13. The minimum Gasteiger partial charge on any atom is -0.473 e. The van der Waals surface area contributed by atoms with Crippen LogP contribution >= 0.6 is 0 Å². The van der Waals surface area contributed by atoms with Crippen molar-refractivity contribution in [2.75, 3.05) is 6.61 Å². The Kier molecular flexibility index (Phi) is 3.43. The first kappa shape index (κ1) is 8.60. The minimum atomic E-state index is 0.0126. The van der Waals surface area contributed by atoms with Crippen LogP contribution in [0, 0.1) is 0 Å². The molecule has 1 aliphatic rings. The standard InChI is InChI=1S/C9H16O2/c1-8(2)7-11-9-5-3-4-6-10-9/h7,9H,3-6H2,1-2H3. The van der Waals surface area contributed by atoms with Crippen molar-refractivity contribution in [3.05, 3.63) is 11.8 Å². The average molecular weight is 156 g/mol. The summed E-state index contributed by atoms with van der Waals surface area (Å²) >= 11 is 0. The Morgan fingerprint density at radius 1 is 1.45 bits per heavy atom. The molecule has 1 fully saturated rings. The molecular weight excluding hydrogens is 140 g/mol. The summed E-state index contributed by atoms with van der Waals surface area (Å²) in [5.41, 5.74) is 1.18. The van der Waals surface area contributed by atoms with E-state index in [2.05, 4.69) is 0 Å². The third-order valence-corrected chi connectivity index (χ3v) is 1.59. The largest absolute Gasteiger partial charge is 0.473 e. The Bertz CT molecular complexity index is 130. The van der Waals surface area contributed by atoms with Gasteiger partial charge in [0.05, 0.1) is 12.9 Å². The van der Waals surface area contributed by atoms with E-state index in [-0.39, 0.29) is 6.29 Å². The van der Waals surface area contributed by atoms with E-state index < -0.39 is 0 Å². The fraction of sp³-hybridized carbons (Fsp3) is 0.778. The lowest BCUT2D eigenvalue weighted by Gasteiger charge is -2.21. The van der Waals surface area contributed by atoms with Crippen molar-refractivity contribution in [2.24, 2.45) is 0 Å². The molecule has 0 aliphatic carbocycles. The SMILES string of the molecule is CC(C)=COC1CCCCO1. The molecule has 2 nitrogen and oxygen atoms in total. The topological polar surface area (TPSA) is 18.5 Å². The lowest BCUT2D eigenvalue weighted by Crippen LogP contribution is -2.20. The molecule has 1 heterocycles. The number of allylic oxidation sites excluding steroid dienone is 1. The molecule has 0 N–H and O–H groups in total. The van der Waals surface area contributed by atoms with Crippen LogP contribution in [0.4, 0.5) is 0 Å². The fourth-order valence-corrected chi connectivity index (χ4v) is 1.03. The van der Waals surface area contributed by atoms with Crippen molar-refractivity contribution in [3.63, 3.8) is 0 Å². The van der Waals surface area contributed by atoms with Crippen LogP contribution in [0.3, 0.4) is 0 Å². The van der Waals surface area contributed by atoms with Gasteiger partial charge in [0.15, 0.2) is 6.29 Å². The molecule has 1 rings (SSSR count). The Morgan fingerprint density at radius 3 is 2.82 bits per heavy atom. The van der Waals surface area contributed by atoms with Gasteiger partial charge in [-0.05, 0) is 32.3 Å². The van der Waals surface area contributed by atoms with Gasteiger partial charge in [0.2, 0.25) is 0 Å². The van der Waals surface area contributed by atoms with Gasteiger partial charge in [-0.3, -0.25) is 0 Å². The maximum absolute atomic E-state index is 5.36. The van der Waals surface area contributed by atoms with Crippen LogP contribution in [0.25, 0.3) is 0 Å². The summed E-state index contributed by atoms with van der Waals surface area (Å²) in [6, 6.07) is 0. The molecule has 0 spiro atoms. The molecule has 0 bridgehead atoms. The van der Waals surface area contributed by atoms with Gasteiger partial charge in [0.1, 0.15) is 0 Å². The van der Waals surface area contributed by atoms with E-state index in [9.17, 15) is 0 Å². The van der Waals surface area contributed by atoms with Gasteiger partial charge in [0, 0.05) is 6.42 Å². The van der Waals surface area contributed by atoms with E-state index in [0.29, 0.717) is 0 Å². The highest BCUT2D eigenvalue weighted by Crippen LogP contribution is 2.14. The van der Waals surface area contributed by atoms with Gasteiger partial charge in [-0.25, -0.2) is 0 Å². The highest BCUT2D eigenvalue weighted by molar-refractivity contribution is 4.86. The van der Waals surface area contributed by atoms with E-state index in [1.165, 1.54) is 18.4 Å². The fourth-order valence-electron chi connectivity index (χ4n) is 1.03. The molecule has 1 aliphatic heterocycles. The Labute approximate surface area is 68.2 Å². The number of rotatable bonds is 2. The first-order valence-electron chi connectivity index (χ1n) is 4.19. The third kappa shape index (κ3) is 3.42. The van der Waals surface area contributed by atoms with Gasteiger partial charge in [-0.1, -0.05) is 0 Å². The molecule has 11 heavy (non-hydrogen) atoms. The van der Waals surface area contributed by atoms with E-state index >= 15 is 0 Å². The van der Waals surface area contributed by atoms with Crippen molar-refractivity contribution in [2.45, 2.75) is 39.4 Å². The molecule has 2 heteroatoms. The number of ether oxygens (including phenoxy) is 2. The maximum Gasteiger partial charge on any atom is 0.198 e. The predicted molar refractivity (Wildman–Crippen MR) is 44.1 cm³/mol. The van der Waals surface area contributed by atoms with E-state index in [4.69, 9.17) is 9.47 Å². The van der Waals surface area contributed by atoms with E-state index in [0.717, 1.165) is 13.0 Å². The van der Waals surface area contributed by atoms with E-state index in [1.807, 2.05) is 13.8 Å². The van der Waals surface area contributed by atoms with Crippen molar-refractivity contribution >= 4 is 0 Å². The Morgan fingerprint density at radius 2 is 2.27 bits per heavy atom. The molecule has 0 aromatic heterocycles. The normalized spacial score (nSPS) is 24.4. The van der Waals surface area contributed by atoms with Gasteiger partial charge in [-0.2, -0.15) is 0 Å². The van der Waals surface area contributed by atoms with Crippen LogP contribution in [0.1, 0.15) is 33.1 Å². The van der Waals surface area contributed by atoms with E-state index in [1.54, 1.807) is 6.26 Å². The summed E-state index contributed by atoms with van der Waals surface area (Å²) in [6.45, 7) is 4.88. The summed E-state index contributed by atoms with van der Waals surface area (Å²) in [5.74, 6) is 0.